The number of nitrogens with one attached hydrogen (secondary N) is 1. The third-order valence-corrected chi connectivity index (χ3v) is 6.35. The molecule has 2 heterocycles. The molecule has 2 atom stereocenters. The second-order valence-electron chi connectivity index (χ2n) is 6.42. The summed E-state index contributed by atoms with van der Waals surface area (Å²) < 4.78 is 28.7. The fourth-order valence-electron chi connectivity index (χ4n) is 3.06. The zero-order valence-electron chi connectivity index (χ0n) is 14.8. The third kappa shape index (κ3) is 5.77. The molecule has 0 unspecified atom stereocenters. The maximum absolute atomic E-state index is 14.0. The molecular weight excluding hydrogens is 417 g/mol. The summed E-state index contributed by atoms with van der Waals surface area (Å²) in [6.45, 7) is 3.77. The van der Waals surface area contributed by atoms with Crippen molar-refractivity contribution in [2.24, 2.45) is 0 Å². The van der Waals surface area contributed by atoms with Crippen LogP contribution < -0.4 is 5.32 Å². The summed E-state index contributed by atoms with van der Waals surface area (Å²) in [5, 5.41) is 18.8. The molecule has 1 saturated heterocycles. The summed E-state index contributed by atoms with van der Waals surface area (Å²) in [6, 6.07) is 3.43. The Morgan fingerprint density at radius 3 is 2.63 bits per heavy atom. The van der Waals surface area contributed by atoms with E-state index in [1.54, 1.807) is 22.8 Å². The fourth-order valence-corrected chi connectivity index (χ4v) is 4.65. The number of nitrogens with zero attached hydrogens (tertiary/aromatic N) is 3. The van der Waals surface area contributed by atoms with Gasteiger partial charge in [0.1, 0.15) is 29.2 Å². The first-order chi connectivity index (χ1) is 12.0. The summed E-state index contributed by atoms with van der Waals surface area (Å²) in [4.78, 5) is 3.20. The van der Waals surface area contributed by atoms with Gasteiger partial charge >= 0.3 is 0 Å². The number of aromatic nitrogens is 3. The molecule has 5 nitrogen and oxygen atoms in total. The predicted octanol–water partition coefficient (Wildman–Crippen LogP) is 3.16. The maximum Gasteiger partial charge on any atom is 0.137 e. The molecule has 2 N–H and O–H groups in total. The van der Waals surface area contributed by atoms with Gasteiger partial charge in [-0.25, -0.2) is 18.4 Å². The van der Waals surface area contributed by atoms with Gasteiger partial charge in [0.15, 0.2) is 0 Å². The SMILES string of the molecule is C[C@@](SC1CCNCC1)([C@H](O)Cc1ccc(F)cc1F)n1cncn1.Cl.Cl. The summed E-state index contributed by atoms with van der Waals surface area (Å²) >= 11 is 1.64. The van der Waals surface area contributed by atoms with Crippen molar-refractivity contribution in [1.82, 2.24) is 20.1 Å². The highest BCUT2D eigenvalue weighted by atomic mass is 35.5. The molecule has 1 aliphatic rings. The second-order valence-corrected chi connectivity index (χ2v) is 8.15. The lowest BCUT2D eigenvalue weighted by Crippen LogP contribution is -2.44. The van der Waals surface area contributed by atoms with E-state index in [4.69, 9.17) is 0 Å². The zero-order valence-corrected chi connectivity index (χ0v) is 17.3. The minimum atomic E-state index is -0.908. The molecule has 1 aromatic carbocycles. The monoisotopic (exact) mass is 440 g/mol. The Balaban J connectivity index is 0.00000182. The highest BCUT2D eigenvalue weighted by Crippen LogP contribution is 2.40. The van der Waals surface area contributed by atoms with E-state index in [1.165, 1.54) is 18.5 Å². The van der Waals surface area contributed by atoms with Crippen LogP contribution in [0.5, 0.6) is 0 Å². The quantitative estimate of drug-likeness (QED) is 0.721. The number of halogens is 4. The smallest absolute Gasteiger partial charge is 0.137 e. The lowest BCUT2D eigenvalue weighted by atomic mass is 10.0. The lowest BCUT2D eigenvalue weighted by molar-refractivity contribution is 0.0930. The number of hydrogen-bond donors (Lipinski definition) is 2. The van der Waals surface area contributed by atoms with Crippen LogP contribution >= 0.6 is 36.6 Å². The second kappa shape index (κ2) is 10.6. The predicted molar refractivity (Wildman–Crippen MR) is 108 cm³/mol. The van der Waals surface area contributed by atoms with Gasteiger partial charge in [0.05, 0.1) is 6.10 Å². The van der Waals surface area contributed by atoms with E-state index in [9.17, 15) is 13.9 Å². The largest absolute Gasteiger partial charge is 0.389 e. The summed E-state index contributed by atoms with van der Waals surface area (Å²) in [5.74, 6) is -1.27. The Hall–Kier alpha value is -0.930. The van der Waals surface area contributed by atoms with Gasteiger partial charge in [-0.3, -0.25) is 0 Å². The van der Waals surface area contributed by atoms with Gasteiger partial charge < -0.3 is 10.4 Å². The van der Waals surface area contributed by atoms with E-state index >= 15 is 0 Å². The normalized spacial score (nSPS) is 18.1. The average Bonchev–Trinajstić information content (AvgIpc) is 3.13. The van der Waals surface area contributed by atoms with Crippen LogP contribution in [-0.2, 0) is 11.3 Å². The van der Waals surface area contributed by atoms with Crippen molar-refractivity contribution in [3.63, 3.8) is 0 Å². The number of aliphatic hydroxyl groups excluding tert-OH is 1. The Morgan fingerprint density at radius 1 is 1.33 bits per heavy atom. The van der Waals surface area contributed by atoms with Crippen molar-refractivity contribution in [3.05, 3.63) is 48.1 Å². The number of rotatable bonds is 6. The van der Waals surface area contributed by atoms with E-state index in [2.05, 4.69) is 15.4 Å². The van der Waals surface area contributed by atoms with E-state index in [1.807, 2.05) is 6.92 Å². The van der Waals surface area contributed by atoms with Gasteiger partial charge in [0.2, 0.25) is 0 Å². The van der Waals surface area contributed by atoms with Gasteiger partial charge in [-0.05, 0) is 44.5 Å². The highest BCUT2D eigenvalue weighted by molar-refractivity contribution is 8.00. The average molecular weight is 441 g/mol. The van der Waals surface area contributed by atoms with Crippen molar-refractivity contribution in [3.8, 4) is 0 Å². The first-order valence-electron chi connectivity index (χ1n) is 8.34. The van der Waals surface area contributed by atoms with Crippen molar-refractivity contribution in [2.45, 2.75) is 42.4 Å². The van der Waals surface area contributed by atoms with Gasteiger partial charge in [0.25, 0.3) is 0 Å². The lowest BCUT2D eigenvalue weighted by Gasteiger charge is -2.38. The number of aliphatic hydroxyl groups is 1. The number of piperidine rings is 1. The molecular formula is C17H24Cl2F2N4OS. The number of hydrogen-bond acceptors (Lipinski definition) is 5. The van der Waals surface area contributed by atoms with E-state index in [0.717, 1.165) is 32.0 Å². The van der Waals surface area contributed by atoms with Crippen LogP contribution in [0.4, 0.5) is 8.78 Å². The van der Waals surface area contributed by atoms with Crippen LogP contribution in [0.1, 0.15) is 25.3 Å². The van der Waals surface area contributed by atoms with E-state index in [-0.39, 0.29) is 36.8 Å². The van der Waals surface area contributed by atoms with Gasteiger partial charge in [-0.2, -0.15) is 5.10 Å². The van der Waals surface area contributed by atoms with Crippen molar-refractivity contribution < 1.29 is 13.9 Å². The van der Waals surface area contributed by atoms with E-state index < -0.39 is 22.6 Å². The van der Waals surface area contributed by atoms with Crippen molar-refractivity contribution in [1.29, 1.82) is 0 Å². The van der Waals surface area contributed by atoms with Gasteiger partial charge in [-0.15, -0.1) is 36.6 Å². The molecule has 0 aliphatic carbocycles. The van der Waals surface area contributed by atoms with Crippen molar-refractivity contribution >= 4 is 36.6 Å². The van der Waals surface area contributed by atoms with Crippen LogP contribution in [0, 0.1) is 11.6 Å². The Labute approximate surface area is 174 Å². The van der Waals surface area contributed by atoms with Crippen molar-refractivity contribution in [2.75, 3.05) is 13.1 Å². The number of benzene rings is 1. The topological polar surface area (TPSA) is 63.0 Å². The molecule has 0 bridgehead atoms. The molecule has 0 radical (unpaired) electrons. The molecule has 1 aromatic heterocycles. The Kier molecular flexibility index (Phi) is 9.44. The Morgan fingerprint density at radius 2 is 2.04 bits per heavy atom. The molecule has 1 fully saturated rings. The zero-order chi connectivity index (χ0) is 17.9. The molecule has 1 aliphatic heterocycles. The summed E-state index contributed by atoms with van der Waals surface area (Å²) in [7, 11) is 0. The Bertz CT molecular complexity index is 704. The first-order valence-corrected chi connectivity index (χ1v) is 9.22. The summed E-state index contributed by atoms with van der Waals surface area (Å²) in [6.07, 6.45) is 4.14. The van der Waals surface area contributed by atoms with Gasteiger partial charge in [0, 0.05) is 17.7 Å². The van der Waals surface area contributed by atoms with Crippen LogP contribution in [0.2, 0.25) is 0 Å². The van der Waals surface area contributed by atoms with Crippen LogP contribution in [0.3, 0.4) is 0 Å². The molecule has 0 amide bonds. The number of thioether (sulfide) groups is 1. The molecule has 0 saturated carbocycles. The molecule has 0 spiro atoms. The van der Waals surface area contributed by atoms with Gasteiger partial charge in [-0.1, -0.05) is 6.07 Å². The standard InChI is InChI=1S/C17H22F2N4OS.2ClH/c1-17(23-11-21-10-22-23,25-14-4-6-20-7-5-14)16(24)8-12-2-3-13(18)9-15(12)19;;/h2-3,9-11,14,16,20,24H,4-8H2,1H3;2*1H/t16-,17-;;/m1../s1. The molecule has 10 heteroatoms. The minimum absolute atomic E-state index is 0. The summed E-state index contributed by atoms with van der Waals surface area (Å²) in [5.41, 5.74) is 0.283. The highest BCUT2D eigenvalue weighted by Gasteiger charge is 2.39. The molecule has 27 heavy (non-hydrogen) atoms. The minimum Gasteiger partial charge on any atom is -0.389 e. The molecule has 3 rings (SSSR count). The maximum atomic E-state index is 14.0. The first kappa shape index (κ1) is 24.1. The van der Waals surface area contributed by atoms with Crippen LogP contribution in [-0.4, -0.2) is 44.3 Å². The molecule has 2 aromatic rings. The third-order valence-electron chi connectivity index (χ3n) is 4.61. The van der Waals surface area contributed by atoms with E-state index in [0.29, 0.717) is 5.25 Å². The fraction of sp³-hybridized carbons (Fsp3) is 0.529. The van der Waals surface area contributed by atoms with Crippen LogP contribution in [0.25, 0.3) is 0 Å². The molecule has 152 valence electrons. The van der Waals surface area contributed by atoms with Crippen LogP contribution in [0.15, 0.2) is 30.9 Å².